The molecule has 112 valence electrons. The Balaban J connectivity index is 1.87. The summed E-state index contributed by atoms with van der Waals surface area (Å²) < 4.78 is 19.4. The van der Waals surface area contributed by atoms with Crippen molar-refractivity contribution in [2.75, 3.05) is 6.61 Å². The molecule has 1 aromatic carbocycles. The molecule has 3 atom stereocenters. The molecular formula is C17H26FNO. The largest absolute Gasteiger partial charge is 0.378 e. The van der Waals surface area contributed by atoms with Crippen molar-refractivity contribution in [1.29, 1.82) is 0 Å². The minimum absolute atomic E-state index is 0.110. The van der Waals surface area contributed by atoms with Gasteiger partial charge in [-0.25, -0.2) is 4.39 Å². The topological polar surface area (TPSA) is 21.3 Å². The molecule has 0 bridgehead atoms. The van der Waals surface area contributed by atoms with E-state index in [9.17, 15) is 4.39 Å². The predicted octanol–water partition coefficient (Wildman–Crippen LogP) is 3.55. The molecule has 0 saturated heterocycles. The quantitative estimate of drug-likeness (QED) is 0.860. The lowest BCUT2D eigenvalue weighted by Gasteiger charge is -2.52. The summed E-state index contributed by atoms with van der Waals surface area (Å²) >= 11 is 0. The highest BCUT2D eigenvalue weighted by molar-refractivity contribution is 5.18. The molecular weight excluding hydrogens is 253 g/mol. The molecule has 0 heterocycles. The average Bonchev–Trinajstić information content (AvgIpc) is 2.40. The Morgan fingerprint density at radius 3 is 2.70 bits per heavy atom. The first-order valence-corrected chi connectivity index (χ1v) is 7.56. The van der Waals surface area contributed by atoms with Crippen LogP contribution < -0.4 is 5.32 Å². The van der Waals surface area contributed by atoms with Crippen LogP contribution in [-0.4, -0.2) is 24.8 Å². The zero-order chi connectivity index (χ0) is 14.8. The molecule has 1 aliphatic carbocycles. The lowest BCUT2D eigenvalue weighted by atomic mass is 9.64. The monoisotopic (exact) mass is 279 g/mol. The Morgan fingerprint density at radius 1 is 1.40 bits per heavy atom. The van der Waals surface area contributed by atoms with E-state index in [1.54, 1.807) is 6.07 Å². The first-order valence-electron chi connectivity index (χ1n) is 7.56. The van der Waals surface area contributed by atoms with Gasteiger partial charge in [0.05, 0.1) is 6.10 Å². The van der Waals surface area contributed by atoms with Crippen molar-refractivity contribution < 1.29 is 9.13 Å². The first kappa shape index (κ1) is 15.5. The van der Waals surface area contributed by atoms with Crippen molar-refractivity contribution in [3.05, 3.63) is 35.6 Å². The fourth-order valence-corrected chi connectivity index (χ4v) is 3.05. The summed E-state index contributed by atoms with van der Waals surface area (Å²) in [6, 6.07) is 7.73. The molecule has 2 nitrogen and oxygen atoms in total. The van der Waals surface area contributed by atoms with E-state index in [4.69, 9.17) is 4.74 Å². The molecule has 1 saturated carbocycles. The van der Waals surface area contributed by atoms with Crippen LogP contribution in [-0.2, 0) is 11.2 Å². The van der Waals surface area contributed by atoms with E-state index < -0.39 is 0 Å². The van der Waals surface area contributed by atoms with Crippen molar-refractivity contribution in [1.82, 2.24) is 5.32 Å². The maximum atomic E-state index is 13.6. The van der Waals surface area contributed by atoms with Crippen LogP contribution in [0, 0.1) is 11.2 Å². The van der Waals surface area contributed by atoms with Gasteiger partial charge in [0.25, 0.3) is 0 Å². The highest BCUT2D eigenvalue weighted by atomic mass is 19.1. The third kappa shape index (κ3) is 3.21. The molecule has 1 fully saturated rings. The standard InChI is InChI=1S/C17H26FNO/c1-5-20-16-11-15(17(16,3)4)19-12(2)10-13-8-6-7-9-14(13)18/h6-9,12,15-16,19H,5,10-11H2,1-4H3. The highest BCUT2D eigenvalue weighted by Gasteiger charge is 2.48. The van der Waals surface area contributed by atoms with Gasteiger partial charge in [0.1, 0.15) is 5.82 Å². The number of halogens is 1. The Bertz CT molecular complexity index is 446. The first-order chi connectivity index (χ1) is 9.45. The molecule has 3 heteroatoms. The number of ether oxygens (including phenoxy) is 1. The second kappa shape index (κ2) is 6.23. The number of nitrogens with one attached hydrogen (secondary N) is 1. The Labute approximate surface area is 121 Å². The van der Waals surface area contributed by atoms with Crippen LogP contribution in [0.25, 0.3) is 0 Å². The van der Waals surface area contributed by atoms with Crippen LogP contribution in [0.1, 0.15) is 39.7 Å². The molecule has 2 rings (SSSR count). The van der Waals surface area contributed by atoms with Gasteiger partial charge in [0.2, 0.25) is 0 Å². The lowest BCUT2D eigenvalue weighted by molar-refractivity contribution is -0.116. The summed E-state index contributed by atoms with van der Waals surface area (Å²) in [6.45, 7) is 9.41. The molecule has 3 unspecified atom stereocenters. The average molecular weight is 279 g/mol. The van der Waals surface area contributed by atoms with Crippen molar-refractivity contribution in [2.45, 2.75) is 58.7 Å². The smallest absolute Gasteiger partial charge is 0.126 e. The van der Waals surface area contributed by atoms with E-state index in [0.29, 0.717) is 12.1 Å². The van der Waals surface area contributed by atoms with Gasteiger partial charge in [-0.3, -0.25) is 0 Å². The van der Waals surface area contributed by atoms with Crippen LogP contribution in [0.4, 0.5) is 4.39 Å². The number of rotatable bonds is 6. The summed E-state index contributed by atoms with van der Waals surface area (Å²) in [5, 5.41) is 3.62. The zero-order valence-corrected chi connectivity index (χ0v) is 12.9. The molecule has 1 aliphatic rings. The molecule has 0 aromatic heterocycles. The van der Waals surface area contributed by atoms with Gasteiger partial charge in [-0.15, -0.1) is 0 Å². The maximum Gasteiger partial charge on any atom is 0.126 e. The van der Waals surface area contributed by atoms with Crippen LogP contribution in [0.3, 0.4) is 0 Å². The van der Waals surface area contributed by atoms with E-state index in [1.807, 2.05) is 19.1 Å². The molecule has 0 spiro atoms. The van der Waals surface area contributed by atoms with Gasteiger partial charge >= 0.3 is 0 Å². The van der Waals surface area contributed by atoms with Crippen LogP contribution in [0.15, 0.2) is 24.3 Å². The van der Waals surface area contributed by atoms with Gasteiger partial charge in [0.15, 0.2) is 0 Å². The van der Waals surface area contributed by atoms with Crippen LogP contribution in [0.2, 0.25) is 0 Å². The predicted molar refractivity (Wildman–Crippen MR) is 80.3 cm³/mol. The normalized spacial score (nSPS) is 26.1. The van der Waals surface area contributed by atoms with E-state index in [0.717, 1.165) is 25.0 Å². The Hall–Kier alpha value is -0.930. The van der Waals surface area contributed by atoms with E-state index in [-0.39, 0.29) is 17.3 Å². The molecule has 1 N–H and O–H groups in total. The van der Waals surface area contributed by atoms with Crippen molar-refractivity contribution in [3.63, 3.8) is 0 Å². The summed E-state index contributed by atoms with van der Waals surface area (Å²) in [4.78, 5) is 0. The number of hydrogen-bond acceptors (Lipinski definition) is 2. The molecule has 20 heavy (non-hydrogen) atoms. The number of benzene rings is 1. The number of hydrogen-bond donors (Lipinski definition) is 1. The fraction of sp³-hybridized carbons (Fsp3) is 0.647. The van der Waals surface area contributed by atoms with E-state index in [1.165, 1.54) is 6.07 Å². The summed E-state index contributed by atoms with van der Waals surface area (Å²) in [6.07, 6.45) is 2.10. The van der Waals surface area contributed by atoms with E-state index >= 15 is 0 Å². The van der Waals surface area contributed by atoms with Crippen molar-refractivity contribution >= 4 is 0 Å². The summed E-state index contributed by atoms with van der Waals surface area (Å²) in [7, 11) is 0. The Morgan fingerprint density at radius 2 is 2.10 bits per heavy atom. The second-order valence-electron chi connectivity index (χ2n) is 6.42. The third-order valence-corrected chi connectivity index (χ3v) is 4.52. The van der Waals surface area contributed by atoms with Gasteiger partial charge in [-0.2, -0.15) is 0 Å². The van der Waals surface area contributed by atoms with Crippen molar-refractivity contribution in [2.24, 2.45) is 5.41 Å². The molecule has 0 aliphatic heterocycles. The SMILES string of the molecule is CCOC1CC(NC(C)Cc2ccccc2F)C1(C)C. The van der Waals surface area contributed by atoms with Gasteiger partial charge in [-0.05, 0) is 38.3 Å². The summed E-state index contributed by atoms with van der Waals surface area (Å²) in [5.74, 6) is -0.110. The minimum Gasteiger partial charge on any atom is -0.378 e. The summed E-state index contributed by atoms with van der Waals surface area (Å²) in [5.41, 5.74) is 0.936. The molecule has 0 amide bonds. The van der Waals surface area contributed by atoms with Crippen LogP contribution >= 0.6 is 0 Å². The third-order valence-electron chi connectivity index (χ3n) is 4.52. The van der Waals surface area contributed by atoms with Gasteiger partial charge in [0, 0.05) is 24.1 Å². The molecule has 0 radical (unpaired) electrons. The van der Waals surface area contributed by atoms with Gasteiger partial charge < -0.3 is 10.1 Å². The van der Waals surface area contributed by atoms with E-state index in [2.05, 4.69) is 26.1 Å². The second-order valence-corrected chi connectivity index (χ2v) is 6.42. The minimum atomic E-state index is -0.110. The highest BCUT2D eigenvalue weighted by Crippen LogP contribution is 2.43. The maximum absolute atomic E-state index is 13.6. The lowest BCUT2D eigenvalue weighted by Crippen LogP contribution is -2.62. The van der Waals surface area contributed by atoms with Crippen LogP contribution in [0.5, 0.6) is 0 Å². The van der Waals surface area contributed by atoms with Gasteiger partial charge in [-0.1, -0.05) is 32.0 Å². The van der Waals surface area contributed by atoms with Crippen molar-refractivity contribution in [3.8, 4) is 0 Å². The Kier molecular flexibility index (Phi) is 4.82. The molecule has 1 aromatic rings. The fourth-order valence-electron chi connectivity index (χ4n) is 3.05. The zero-order valence-electron chi connectivity index (χ0n) is 12.9.